The van der Waals surface area contributed by atoms with Gasteiger partial charge < -0.3 is 25.0 Å². The van der Waals surface area contributed by atoms with Crippen LogP contribution in [0.5, 0.6) is 11.5 Å². The number of nitrogens with zero attached hydrogens (tertiary/aromatic N) is 2. The molecule has 0 saturated carbocycles. The van der Waals surface area contributed by atoms with Crippen LogP contribution in [-0.2, 0) is 13.0 Å². The Morgan fingerprint density at radius 1 is 0.964 bits per heavy atom. The number of para-hydroxylation sites is 2. The number of rotatable bonds is 10. The first-order chi connectivity index (χ1) is 13.6. The van der Waals surface area contributed by atoms with Crippen LogP contribution in [0.15, 0.2) is 53.5 Å². The Balaban J connectivity index is 1.84. The summed E-state index contributed by atoms with van der Waals surface area (Å²) in [6, 6.07) is 16.2. The summed E-state index contributed by atoms with van der Waals surface area (Å²) in [4.78, 5) is 6.41. The van der Waals surface area contributed by atoms with Gasteiger partial charge in [0.25, 0.3) is 0 Å². The first kappa shape index (κ1) is 21.6. The maximum absolute atomic E-state index is 5.92. The molecular weight excluding hydrogens is 352 g/mol. The van der Waals surface area contributed by atoms with Crippen molar-refractivity contribution in [1.82, 2.24) is 15.5 Å². The second-order valence-corrected chi connectivity index (χ2v) is 6.67. The minimum atomic E-state index is 0.645. The highest BCUT2D eigenvalue weighted by Gasteiger charge is 2.06. The summed E-state index contributed by atoms with van der Waals surface area (Å²) in [7, 11) is 7.55. The number of likely N-dealkylation sites (N-methyl/N-ethyl adjacent to an activating group) is 1. The van der Waals surface area contributed by atoms with E-state index >= 15 is 0 Å². The van der Waals surface area contributed by atoms with E-state index in [1.165, 1.54) is 5.56 Å². The van der Waals surface area contributed by atoms with Crippen LogP contribution in [0.4, 0.5) is 0 Å². The second kappa shape index (κ2) is 11.9. The molecule has 152 valence electrons. The first-order valence-electron chi connectivity index (χ1n) is 9.56. The quantitative estimate of drug-likeness (QED) is 0.487. The normalized spacial score (nSPS) is 11.4. The largest absolute Gasteiger partial charge is 0.496 e. The summed E-state index contributed by atoms with van der Waals surface area (Å²) in [6.07, 6.45) is 0.856. The summed E-state index contributed by atoms with van der Waals surface area (Å²) < 4.78 is 11.3. The van der Waals surface area contributed by atoms with Gasteiger partial charge in [0.2, 0.25) is 0 Å². The number of hydrogen-bond donors (Lipinski definition) is 2. The van der Waals surface area contributed by atoms with Gasteiger partial charge in [-0.1, -0.05) is 36.4 Å². The van der Waals surface area contributed by atoms with E-state index in [4.69, 9.17) is 9.47 Å². The van der Waals surface area contributed by atoms with Gasteiger partial charge in [-0.25, -0.2) is 0 Å². The third-order valence-corrected chi connectivity index (χ3v) is 4.32. The highest BCUT2D eigenvalue weighted by Crippen LogP contribution is 2.18. The molecule has 0 aromatic heterocycles. The van der Waals surface area contributed by atoms with Crippen LogP contribution in [0, 0.1) is 0 Å². The van der Waals surface area contributed by atoms with Gasteiger partial charge in [-0.2, -0.15) is 0 Å². The predicted molar refractivity (Wildman–Crippen MR) is 115 cm³/mol. The van der Waals surface area contributed by atoms with Crippen molar-refractivity contribution < 1.29 is 9.47 Å². The molecule has 0 heterocycles. The van der Waals surface area contributed by atoms with Crippen LogP contribution in [0.1, 0.15) is 11.1 Å². The van der Waals surface area contributed by atoms with Crippen LogP contribution < -0.4 is 20.1 Å². The molecule has 0 unspecified atom stereocenters. The Morgan fingerprint density at radius 3 is 2.32 bits per heavy atom. The van der Waals surface area contributed by atoms with Gasteiger partial charge in [0, 0.05) is 32.2 Å². The topological polar surface area (TPSA) is 58.1 Å². The highest BCUT2D eigenvalue weighted by atomic mass is 16.5. The Hall–Kier alpha value is -2.73. The van der Waals surface area contributed by atoms with E-state index in [-0.39, 0.29) is 0 Å². The van der Waals surface area contributed by atoms with Gasteiger partial charge in [-0.3, -0.25) is 4.99 Å². The van der Waals surface area contributed by atoms with E-state index < -0.39 is 0 Å². The van der Waals surface area contributed by atoms with Crippen LogP contribution in [0.2, 0.25) is 0 Å². The number of ether oxygens (including phenoxy) is 2. The predicted octanol–water partition coefficient (Wildman–Crippen LogP) is 2.54. The van der Waals surface area contributed by atoms with Gasteiger partial charge in [0.15, 0.2) is 5.96 Å². The second-order valence-electron chi connectivity index (χ2n) is 6.67. The number of hydrogen-bond acceptors (Lipinski definition) is 4. The van der Waals surface area contributed by atoms with Gasteiger partial charge in [0.1, 0.15) is 18.1 Å². The summed E-state index contributed by atoms with van der Waals surface area (Å²) in [5, 5.41) is 6.71. The SMILES string of the molecule is CN=C(NCCc1ccccc1OC)NCc1ccccc1OCCN(C)C. The lowest BCUT2D eigenvalue weighted by molar-refractivity contribution is 0.259. The van der Waals surface area contributed by atoms with Crippen LogP contribution in [0.3, 0.4) is 0 Å². The average molecular weight is 385 g/mol. The standard InChI is InChI=1S/C22H32N4O2/c1-23-22(24-14-13-18-9-5-7-11-20(18)27-4)25-17-19-10-6-8-12-21(19)28-16-15-26(2)3/h5-12H,13-17H2,1-4H3,(H2,23,24,25). The summed E-state index contributed by atoms with van der Waals surface area (Å²) in [5.74, 6) is 2.58. The summed E-state index contributed by atoms with van der Waals surface area (Å²) >= 11 is 0. The Labute approximate surface area is 168 Å². The van der Waals surface area contributed by atoms with Crippen molar-refractivity contribution in [3.63, 3.8) is 0 Å². The number of benzene rings is 2. The molecule has 0 saturated heterocycles. The maximum Gasteiger partial charge on any atom is 0.191 e. The molecule has 2 rings (SSSR count). The average Bonchev–Trinajstić information content (AvgIpc) is 2.71. The third kappa shape index (κ3) is 7.12. The fraction of sp³-hybridized carbons (Fsp3) is 0.409. The van der Waals surface area contributed by atoms with Crippen molar-refractivity contribution in [3.05, 3.63) is 59.7 Å². The summed E-state index contributed by atoms with van der Waals surface area (Å²) in [5.41, 5.74) is 2.28. The molecule has 0 aliphatic carbocycles. The number of aliphatic imine (C=N–C) groups is 1. The zero-order valence-corrected chi connectivity index (χ0v) is 17.4. The van der Waals surface area contributed by atoms with Gasteiger partial charge in [-0.05, 0) is 38.2 Å². The van der Waals surface area contributed by atoms with Gasteiger partial charge >= 0.3 is 0 Å². The van der Waals surface area contributed by atoms with E-state index in [1.807, 2.05) is 50.5 Å². The number of methoxy groups -OCH3 is 1. The smallest absolute Gasteiger partial charge is 0.191 e. The van der Waals surface area contributed by atoms with E-state index in [1.54, 1.807) is 14.2 Å². The van der Waals surface area contributed by atoms with Crippen molar-refractivity contribution in [2.45, 2.75) is 13.0 Å². The molecule has 0 amide bonds. The van der Waals surface area contributed by atoms with Gasteiger partial charge in [-0.15, -0.1) is 0 Å². The Morgan fingerprint density at radius 2 is 1.64 bits per heavy atom. The Bertz CT molecular complexity index is 747. The van der Waals surface area contributed by atoms with E-state index in [0.29, 0.717) is 13.2 Å². The van der Waals surface area contributed by atoms with E-state index in [2.05, 4.69) is 32.7 Å². The molecule has 2 aromatic carbocycles. The molecule has 0 atom stereocenters. The molecule has 2 N–H and O–H groups in total. The molecule has 28 heavy (non-hydrogen) atoms. The van der Waals surface area contributed by atoms with Crippen molar-refractivity contribution in [3.8, 4) is 11.5 Å². The molecule has 0 spiro atoms. The fourth-order valence-electron chi connectivity index (χ4n) is 2.75. The third-order valence-electron chi connectivity index (χ3n) is 4.32. The molecule has 0 aliphatic heterocycles. The van der Waals surface area contributed by atoms with Crippen molar-refractivity contribution in [2.75, 3.05) is 47.9 Å². The van der Waals surface area contributed by atoms with Crippen molar-refractivity contribution in [2.24, 2.45) is 4.99 Å². The fourth-order valence-corrected chi connectivity index (χ4v) is 2.75. The Kier molecular flexibility index (Phi) is 9.15. The van der Waals surface area contributed by atoms with E-state index in [0.717, 1.165) is 42.5 Å². The molecule has 6 nitrogen and oxygen atoms in total. The number of guanidine groups is 1. The molecule has 0 fully saturated rings. The monoisotopic (exact) mass is 384 g/mol. The zero-order valence-electron chi connectivity index (χ0n) is 17.4. The minimum Gasteiger partial charge on any atom is -0.496 e. The van der Waals surface area contributed by atoms with Crippen LogP contribution in [-0.4, -0.2) is 58.8 Å². The molecule has 2 aromatic rings. The lowest BCUT2D eigenvalue weighted by Gasteiger charge is -2.16. The van der Waals surface area contributed by atoms with Crippen LogP contribution in [0.25, 0.3) is 0 Å². The van der Waals surface area contributed by atoms with Gasteiger partial charge in [0.05, 0.1) is 7.11 Å². The first-order valence-corrected chi connectivity index (χ1v) is 9.56. The molecule has 0 aliphatic rings. The summed E-state index contributed by atoms with van der Waals surface area (Å²) in [6.45, 7) is 2.96. The maximum atomic E-state index is 5.92. The van der Waals surface area contributed by atoms with E-state index in [9.17, 15) is 0 Å². The van der Waals surface area contributed by atoms with Crippen molar-refractivity contribution in [1.29, 1.82) is 0 Å². The molecule has 6 heteroatoms. The molecule has 0 radical (unpaired) electrons. The highest BCUT2D eigenvalue weighted by molar-refractivity contribution is 5.79. The zero-order chi connectivity index (χ0) is 20.2. The van der Waals surface area contributed by atoms with Crippen LogP contribution >= 0.6 is 0 Å². The lowest BCUT2D eigenvalue weighted by atomic mass is 10.1. The molecular formula is C22H32N4O2. The lowest BCUT2D eigenvalue weighted by Crippen LogP contribution is -2.38. The minimum absolute atomic E-state index is 0.645. The molecule has 0 bridgehead atoms. The number of nitrogens with one attached hydrogen (secondary N) is 2. The van der Waals surface area contributed by atoms with Crippen molar-refractivity contribution >= 4 is 5.96 Å².